The molecule has 0 atom stereocenters. The van der Waals surface area contributed by atoms with Gasteiger partial charge in [-0.3, -0.25) is 0 Å². The van der Waals surface area contributed by atoms with Crippen molar-refractivity contribution in [1.82, 2.24) is 10.4 Å². The van der Waals surface area contributed by atoms with E-state index in [-0.39, 0.29) is 0 Å². The number of hydrogen-bond donors (Lipinski definition) is 1. The lowest BCUT2D eigenvalue weighted by molar-refractivity contribution is 0.117. The van der Waals surface area contributed by atoms with Gasteiger partial charge in [-0.05, 0) is 6.42 Å². The van der Waals surface area contributed by atoms with Crippen LogP contribution in [0, 0.1) is 0 Å². The van der Waals surface area contributed by atoms with Gasteiger partial charge >= 0.3 is 6.03 Å². The first-order chi connectivity index (χ1) is 3.79. The summed E-state index contributed by atoms with van der Waals surface area (Å²) in [6.07, 6.45) is 1.12. The topological polar surface area (TPSA) is 60.4 Å². The van der Waals surface area contributed by atoms with Gasteiger partial charge in [0.2, 0.25) is 0 Å². The van der Waals surface area contributed by atoms with Gasteiger partial charge in [0.1, 0.15) is 0 Å². The van der Waals surface area contributed by atoms with Crippen molar-refractivity contribution in [3.63, 3.8) is 0 Å². The molecule has 1 radical (unpaired) electrons. The van der Waals surface area contributed by atoms with Gasteiger partial charge in [-0.15, -0.1) is 5.43 Å². The van der Waals surface area contributed by atoms with Crippen molar-refractivity contribution in [2.75, 3.05) is 13.1 Å². The smallest absolute Gasteiger partial charge is 0.349 e. The van der Waals surface area contributed by atoms with E-state index >= 15 is 0 Å². The summed E-state index contributed by atoms with van der Waals surface area (Å²) in [5.74, 6) is 0. The molecule has 4 heteroatoms. The first-order valence-electron chi connectivity index (χ1n) is 2.55. The number of carbonyl (C=O) groups is 1. The van der Waals surface area contributed by atoms with Crippen molar-refractivity contribution < 1.29 is 4.79 Å². The molecule has 1 aliphatic heterocycles. The van der Waals surface area contributed by atoms with Gasteiger partial charge in [0, 0.05) is 13.1 Å². The van der Waals surface area contributed by atoms with E-state index in [2.05, 4.69) is 5.43 Å². The second-order valence-electron chi connectivity index (χ2n) is 1.75. The summed E-state index contributed by atoms with van der Waals surface area (Å²) in [7, 11) is 0. The summed E-state index contributed by atoms with van der Waals surface area (Å²) in [4.78, 5) is 10.0. The molecule has 1 heterocycles. The quantitative estimate of drug-likeness (QED) is 0.489. The summed E-state index contributed by atoms with van der Waals surface area (Å²) < 4.78 is 0. The summed E-state index contributed by atoms with van der Waals surface area (Å²) in [5.41, 5.74) is 8.21. The van der Waals surface area contributed by atoms with E-state index in [0.717, 1.165) is 19.5 Å². The average Bonchev–Trinajstić information content (AvgIpc) is 1.55. The number of urea groups is 1. The van der Waals surface area contributed by atoms with Crippen LogP contribution in [0.3, 0.4) is 0 Å². The van der Waals surface area contributed by atoms with Crippen LogP contribution in [0.1, 0.15) is 6.42 Å². The molecular formula is C4H8N3O. The van der Waals surface area contributed by atoms with E-state index in [9.17, 15) is 4.79 Å². The molecule has 0 aromatic heterocycles. The Hall–Kier alpha value is -0.770. The standard InChI is InChI=1S/C4H8N3O/c5-4(8)6-7-2-1-3-7/h1-3H2,(H2,5,8). The molecule has 0 spiro atoms. The van der Waals surface area contributed by atoms with Gasteiger partial charge in [0.25, 0.3) is 0 Å². The third-order valence-electron chi connectivity index (χ3n) is 1.07. The highest BCUT2D eigenvalue weighted by Gasteiger charge is 2.15. The van der Waals surface area contributed by atoms with E-state index in [0.29, 0.717) is 0 Å². The zero-order valence-electron chi connectivity index (χ0n) is 4.50. The lowest BCUT2D eigenvalue weighted by Crippen LogP contribution is -2.47. The first-order valence-corrected chi connectivity index (χ1v) is 2.55. The Kier molecular flexibility index (Phi) is 1.34. The predicted octanol–water partition coefficient (Wildman–Crippen LogP) is -0.710. The van der Waals surface area contributed by atoms with Crippen LogP contribution in [0.5, 0.6) is 0 Å². The van der Waals surface area contributed by atoms with Crippen molar-refractivity contribution in [2.45, 2.75) is 6.42 Å². The molecular weight excluding hydrogens is 106 g/mol. The summed E-state index contributed by atoms with van der Waals surface area (Å²) in [6, 6.07) is -0.593. The minimum absolute atomic E-state index is 0.593. The number of nitrogens with two attached hydrogens (primary N) is 1. The van der Waals surface area contributed by atoms with E-state index < -0.39 is 6.03 Å². The van der Waals surface area contributed by atoms with E-state index in [4.69, 9.17) is 5.73 Å². The highest BCUT2D eigenvalue weighted by Crippen LogP contribution is 2.00. The van der Waals surface area contributed by atoms with Crippen LogP contribution < -0.4 is 11.2 Å². The molecule has 4 nitrogen and oxygen atoms in total. The van der Waals surface area contributed by atoms with Crippen molar-refractivity contribution in [2.24, 2.45) is 5.73 Å². The zero-order valence-corrected chi connectivity index (χ0v) is 4.50. The fourth-order valence-electron chi connectivity index (χ4n) is 0.539. The minimum atomic E-state index is -0.593. The molecule has 2 N–H and O–H groups in total. The Labute approximate surface area is 47.6 Å². The SMILES string of the molecule is NC(=O)[N]N1CCC1. The fourth-order valence-corrected chi connectivity index (χ4v) is 0.539. The maximum Gasteiger partial charge on any atom is 0.350 e. The van der Waals surface area contributed by atoms with Gasteiger partial charge in [-0.1, -0.05) is 0 Å². The van der Waals surface area contributed by atoms with Crippen LogP contribution in [-0.2, 0) is 0 Å². The molecule has 0 bridgehead atoms. The molecule has 0 saturated carbocycles. The molecule has 1 saturated heterocycles. The van der Waals surface area contributed by atoms with E-state index in [1.165, 1.54) is 0 Å². The van der Waals surface area contributed by atoms with Crippen molar-refractivity contribution >= 4 is 6.03 Å². The largest absolute Gasteiger partial charge is 0.350 e. The molecule has 0 aromatic carbocycles. The Bertz CT molecular complexity index is 99.5. The second kappa shape index (κ2) is 2.00. The Balaban J connectivity index is 2.09. The molecule has 8 heavy (non-hydrogen) atoms. The van der Waals surface area contributed by atoms with E-state index in [1.54, 1.807) is 5.01 Å². The number of amides is 2. The predicted molar refractivity (Wildman–Crippen MR) is 27.9 cm³/mol. The van der Waals surface area contributed by atoms with Crippen LogP contribution in [0.4, 0.5) is 4.79 Å². The molecule has 0 unspecified atom stereocenters. The highest BCUT2D eigenvalue weighted by molar-refractivity contribution is 5.70. The third kappa shape index (κ3) is 1.10. The number of primary amides is 1. The van der Waals surface area contributed by atoms with Gasteiger partial charge in [-0.25, -0.2) is 4.79 Å². The second-order valence-corrected chi connectivity index (χ2v) is 1.75. The molecule has 1 aliphatic rings. The molecule has 2 amide bonds. The monoisotopic (exact) mass is 114 g/mol. The summed E-state index contributed by atoms with van der Waals surface area (Å²) >= 11 is 0. The zero-order chi connectivity index (χ0) is 5.98. The van der Waals surface area contributed by atoms with Crippen molar-refractivity contribution in [3.05, 3.63) is 0 Å². The third-order valence-corrected chi connectivity index (χ3v) is 1.07. The fraction of sp³-hybridized carbons (Fsp3) is 0.750. The van der Waals surface area contributed by atoms with Crippen molar-refractivity contribution in [1.29, 1.82) is 0 Å². The molecule has 45 valence electrons. The average molecular weight is 114 g/mol. The van der Waals surface area contributed by atoms with Crippen LogP contribution >= 0.6 is 0 Å². The van der Waals surface area contributed by atoms with Gasteiger partial charge in [-0.2, -0.15) is 5.01 Å². The lowest BCUT2D eigenvalue weighted by Gasteiger charge is -2.26. The summed E-state index contributed by atoms with van der Waals surface area (Å²) in [6.45, 7) is 1.76. The summed E-state index contributed by atoms with van der Waals surface area (Å²) in [5, 5.41) is 1.66. The molecule has 1 fully saturated rings. The van der Waals surface area contributed by atoms with Crippen LogP contribution in [0.25, 0.3) is 0 Å². The Morgan fingerprint density at radius 3 is 2.38 bits per heavy atom. The van der Waals surface area contributed by atoms with Crippen molar-refractivity contribution in [3.8, 4) is 0 Å². The normalized spacial score (nSPS) is 19.5. The first kappa shape index (κ1) is 5.37. The highest BCUT2D eigenvalue weighted by atomic mass is 16.2. The molecule has 0 aromatic rings. The minimum Gasteiger partial charge on any atom is -0.349 e. The Morgan fingerprint density at radius 2 is 2.25 bits per heavy atom. The van der Waals surface area contributed by atoms with Gasteiger partial charge in [0.05, 0.1) is 0 Å². The molecule has 0 aliphatic carbocycles. The number of rotatable bonds is 1. The number of carbonyl (C=O) groups excluding carboxylic acids is 1. The molecule has 1 rings (SSSR count). The number of nitrogens with zero attached hydrogens (tertiary/aromatic N) is 2. The van der Waals surface area contributed by atoms with E-state index in [1.807, 2.05) is 0 Å². The lowest BCUT2D eigenvalue weighted by atomic mass is 10.3. The van der Waals surface area contributed by atoms with Crippen LogP contribution in [-0.4, -0.2) is 24.1 Å². The van der Waals surface area contributed by atoms with Crippen LogP contribution in [0.2, 0.25) is 0 Å². The number of hydrogen-bond acceptors (Lipinski definition) is 2. The van der Waals surface area contributed by atoms with Crippen LogP contribution in [0.15, 0.2) is 0 Å². The maximum atomic E-state index is 10.0. The van der Waals surface area contributed by atoms with Gasteiger partial charge < -0.3 is 5.73 Å². The van der Waals surface area contributed by atoms with Gasteiger partial charge in [0.15, 0.2) is 0 Å². The Morgan fingerprint density at radius 1 is 1.62 bits per heavy atom. The maximum absolute atomic E-state index is 10.0.